The first kappa shape index (κ1) is 18.9. The van der Waals surface area contributed by atoms with Crippen molar-refractivity contribution in [1.29, 1.82) is 0 Å². The highest BCUT2D eigenvalue weighted by Gasteiger charge is 2.22. The Kier molecular flexibility index (Phi) is 7.25. The Balaban J connectivity index is 0.00000116. The number of rotatable bonds is 2. The molecule has 1 N–H and O–H groups in total. The van der Waals surface area contributed by atoms with Crippen molar-refractivity contribution in [2.45, 2.75) is 41.0 Å². The van der Waals surface area contributed by atoms with Crippen LogP contribution in [0.4, 0.5) is 5.69 Å². The van der Waals surface area contributed by atoms with Crippen LogP contribution >= 0.6 is 9.39 Å². The van der Waals surface area contributed by atoms with Crippen molar-refractivity contribution in [3.63, 3.8) is 0 Å². The molecule has 0 saturated heterocycles. The van der Waals surface area contributed by atoms with Gasteiger partial charge in [0.1, 0.15) is 0 Å². The zero-order chi connectivity index (χ0) is 16.8. The van der Waals surface area contributed by atoms with Gasteiger partial charge in [0.05, 0.1) is 0 Å². The third kappa shape index (κ3) is 5.23. The number of nitrogens with zero attached hydrogens (tertiary/aromatic N) is 1. The molecule has 0 fully saturated rings. The maximum atomic E-state index is 12.2. The largest absolute Gasteiger partial charge is 0.325 e. The predicted molar refractivity (Wildman–Crippen MR) is 99.8 cm³/mol. The van der Waals surface area contributed by atoms with Gasteiger partial charge >= 0.3 is 0 Å². The van der Waals surface area contributed by atoms with Gasteiger partial charge in [0.15, 0.2) is 0 Å². The molecule has 0 aliphatic carbocycles. The average Bonchev–Trinajstić information content (AvgIpc) is 2.50. The van der Waals surface area contributed by atoms with E-state index < -0.39 is 0 Å². The molecule has 1 aliphatic rings. The van der Waals surface area contributed by atoms with Crippen LogP contribution in [0.2, 0.25) is 0 Å². The van der Waals surface area contributed by atoms with Gasteiger partial charge < -0.3 is 5.32 Å². The van der Waals surface area contributed by atoms with Gasteiger partial charge in [0, 0.05) is 29.8 Å². The summed E-state index contributed by atoms with van der Waals surface area (Å²) in [6.45, 7) is 11.7. The molecule has 1 atom stereocenters. The molecule has 1 amide bonds. The third-order valence-corrected chi connectivity index (χ3v) is 3.91. The maximum absolute atomic E-state index is 12.2. The van der Waals surface area contributed by atoms with E-state index in [4.69, 9.17) is 0 Å². The average molecular weight is 320 g/mol. The van der Waals surface area contributed by atoms with Crippen molar-refractivity contribution in [2.24, 2.45) is 5.41 Å². The van der Waals surface area contributed by atoms with Gasteiger partial charge in [0.2, 0.25) is 5.91 Å². The number of hydrogen-bond donors (Lipinski definition) is 1. The third-order valence-electron chi connectivity index (χ3n) is 3.44. The van der Waals surface area contributed by atoms with Crippen molar-refractivity contribution >= 4 is 26.6 Å². The molecular formula is C18H29N2OP. The Labute approximate surface area is 137 Å². The Morgan fingerprint density at radius 2 is 1.86 bits per heavy atom. The normalized spacial score (nSPS) is 15.5. The van der Waals surface area contributed by atoms with Crippen molar-refractivity contribution in [1.82, 2.24) is 4.67 Å². The van der Waals surface area contributed by atoms with Crippen molar-refractivity contribution in [2.75, 3.05) is 18.4 Å². The van der Waals surface area contributed by atoms with E-state index in [1.807, 2.05) is 52.8 Å². The summed E-state index contributed by atoms with van der Waals surface area (Å²) in [5.41, 5.74) is 2.98. The van der Waals surface area contributed by atoms with Crippen LogP contribution in [-0.4, -0.2) is 23.7 Å². The van der Waals surface area contributed by atoms with Gasteiger partial charge in [-0.15, -0.1) is 0 Å². The van der Waals surface area contributed by atoms with Crippen LogP contribution in [0.25, 0.3) is 5.57 Å². The maximum Gasteiger partial charge on any atom is 0.229 e. The van der Waals surface area contributed by atoms with Crippen molar-refractivity contribution in [3.8, 4) is 0 Å². The number of anilines is 1. The Bertz CT molecular complexity index is 532. The zero-order valence-corrected chi connectivity index (χ0v) is 15.6. The second-order valence-electron chi connectivity index (χ2n) is 6.22. The van der Waals surface area contributed by atoms with Gasteiger partial charge in [-0.25, -0.2) is 0 Å². The molecule has 2 rings (SSSR count). The van der Waals surface area contributed by atoms with E-state index in [1.165, 1.54) is 5.57 Å². The first-order valence-corrected chi connectivity index (χ1v) is 8.49. The topological polar surface area (TPSA) is 32.3 Å². The number of amides is 1. The molecule has 122 valence electrons. The molecule has 4 heteroatoms. The minimum Gasteiger partial charge on any atom is -0.325 e. The Morgan fingerprint density at radius 3 is 2.41 bits per heavy atom. The molecular weight excluding hydrogens is 291 g/mol. The monoisotopic (exact) mass is 320 g/mol. The number of nitrogens with one attached hydrogen (secondary N) is 1. The molecule has 0 saturated carbocycles. The second kappa shape index (κ2) is 8.45. The summed E-state index contributed by atoms with van der Waals surface area (Å²) in [6, 6.07) is 8.05. The Hall–Kier alpha value is -1.18. The molecule has 0 bridgehead atoms. The standard InChI is InChI=1S/C16H23N2OP.C2H6/c1-16(2,3)15(19)17-14-7-5-4-6-13(14)12-8-10-18(20)11-9-12;1-2/h4-8H,9-11,20H2,1-3H3,(H,17,19);1-2H3. The van der Waals surface area contributed by atoms with E-state index in [2.05, 4.69) is 31.5 Å². The first-order chi connectivity index (χ1) is 10.4. The zero-order valence-electron chi connectivity index (χ0n) is 14.4. The van der Waals surface area contributed by atoms with E-state index in [0.717, 1.165) is 30.8 Å². The fraction of sp³-hybridized carbons (Fsp3) is 0.500. The minimum atomic E-state index is -0.384. The molecule has 1 aromatic carbocycles. The van der Waals surface area contributed by atoms with Gasteiger partial charge in [0.25, 0.3) is 0 Å². The summed E-state index contributed by atoms with van der Waals surface area (Å²) >= 11 is 0. The van der Waals surface area contributed by atoms with Crippen molar-refractivity contribution in [3.05, 3.63) is 35.9 Å². The molecule has 1 heterocycles. The van der Waals surface area contributed by atoms with Crippen LogP contribution in [0.1, 0.15) is 46.6 Å². The quantitative estimate of drug-likeness (QED) is 0.809. The summed E-state index contributed by atoms with van der Waals surface area (Å²) < 4.78 is 2.21. The van der Waals surface area contributed by atoms with E-state index in [9.17, 15) is 4.79 Å². The second-order valence-corrected chi connectivity index (χ2v) is 6.95. The summed E-state index contributed by atoms with van der Waals surface area (Å²) in [6.07, 6.45) is 3.24. The molecule has 0 spiro atoms. The van der Waals surface area contributed by atoms with Crippen LogP contribution in [0.3, 0.4) is 0 Å². The van der Waals surface area contributed by atoms with Crippen LogP contribution in [0.15, 0.2) is 30.3 Å². The van der Waals surface area contributed by atoms with Crippen LogP contribution in [0.5, 0.6) is 0 Å². The molecule has 0 radical (unpaired) electrons. The van der Waals surface area contributed by atoms with E-state index in [1.54, 1.807) is 0 Å². The molecule has 0 aromatic heterocycles. The number of carbonyl (C=O) groups excluding carboxylic acids is 1. The lowest BCUT2D eigenvalue weighted by molar-refractivity contribution is -0.123. The SMILES string of the molecule is CC.CC(C)(C)C(=O)Nc1ccccc1C1=CCN(P)CC1. The minimum absolute atomic E-state index is 0.0500. The molecule has 1 aromatic rings. The molecule has 1 unspecified atom stereocenters. The molecule has 3 nitrogen and oxygen atoms in total. The van der Waals surface area contributed by atoms with Crippen molar-refractivity contribution < 1.29 is 4.79 Å². The Morgan fingerprint density at radius 1 is 1.23 bits per heavy atom. The predicted octanol–water partition coefficient (Wildman–Crippen LogP) is 4.58. The fourth-order valence-corrected chi connectivity index (χ4v) is 2.35. The smallest absolute Gasteiger partial charge is 0.229 e. The number of para-hydroxylation sites is 1. The lowest BCUT2D eigenvalue weighted by Gasteiger charge is -2.24. The van der Waals surface area contributed by atoms with Gasteiger partial charge in [-0.05, 0) is 18.1 Å². The van der Waals surface area contributed by atoms with Crippen LogP contribution in [0, 0.1) is 5.41 Å². The summed E-state index contributed by atoms with van der Waals surface area (Å²) in [5, 5.41) is 3.06. The number of carbonyl (C=O) groups is 1. The first-order valence-electron chi connectivity index (χ1n) is 7.97. The summed E-state index contributed by atoms with van der Waals surface area (Å²) in [4.78, 5) is 12.2. The van der Waals surface area contributed by atoms with Crippen LogP contribution < -0.4 is 5.32 Å². The van der Waals surface area contributed by atoms with Gasteiger partial charge in [-0.2, -0.15) is 0 Å². The van der Waals surface area contributed by atoms with Crippen LogP contribution in [-0.2, 0) is 4.79 Å². The highest BCUT2D eigenvalue weighted by molar-refractivity contribution is 7.13. The van der Waals surface area contributed by atoms with Gasteiger partial charge in [-0.3, -0.25) is 9.46 Å². The lowest BCUT2D eigenvalue weighted by Crippen LogP contribution is -2.28. The van der Waals surface area contributed by atoms with E-state index in [-0.39, 0.29) is 11.3 Å². The van der Waals surface area contributed by atoms with Gasteiger partial charge in [-0.1, -0.05) is 68.3 Å². The van der Waals surface area contributed by atoms with E-state index in [0.29, 0.717) is 0 Å². The summed E-state index contributed by atoms with van der Waals surface area (Å²) in [5.74, 6) is 0.0500. The molecule has 22 heavy (non-hydrogen) atoms. The summed E-state index contributed by atoms with van der Waals surface area (Å²) in [7, 11) is 2.73. The lowest BCUT2D eigenvalue weighted by atomic mass is 9.94. The highest BCUT2D eigenvalue weighted by Crippen LogP contribution is 2.30. The molecule has 1 aliphatic heterocycles. The number of hydrogen-bond acceptors (Lipinski definition) is 2. The fourth-order valence-electron chi connectivity index (χ4n) is 2.11. The van der Waals surface area contributed by atoms with E-state index >= 15 is 0 Å². The highest BCUT2D eigenvalue weighted by atomic mass is 31.0. The number of benzene rings is 1.